The van der Waals surface area contributed by atoms with Crippen LogP contribution in [0, 0.1) is 11.8 Å². The molecule has 2 amide bonds. The van der Waals surface area contributed by atoms with Crippen molar-refractivity contribution in [2.24, 2.45) is 0 Å². The zero-order valence-corrected chi connectivity index (χ0v) is 5.32. The second-order valence-corrected chi connectivity index (χ2v) is 1.39. The molecule has 0 unspecified atom stereocenters. The standard InChI is InChI=1S/C6H9N2O/c1-2-3-4-5-8-6(7)9/h7H,2,5H2,1H3,(H,8,9). The van der Waals surface area contributed by atoms with Crippen LogP contribution in [0.15, 0.2) is 0 Å². The Morgan fingerprint density at radius 3 is 2.78 bits per heavy atom. The molecule has 0 aliphatic heterocycles. The number of nitrogens with one attached hydrogen (secondary N) is 2. The SMILES string of the molecule is CCC#CCNC([NH])=O. The van der Waals surface area contributed by atoms with Gasteiger partial charge in [0.1, 0.15) is 0 Å². The number of hydrogen-bond acceptors (Lipinski definition) is 1. The average molecular weight is 125 g/mol. The highest BCUT2D eigenvalue weighted by Crippen LogP contribution is 1.65. The summed E-state index contributed by atoms with van der Waals surface area (Å²) in [5.41, 5.74) is 6.40. The Hall–Kier alpha value is -1.17. The van der Waals surface area contributed by atoms with Gasteiger partial charge in [0.2, 0.25) is 0 Å². The molecule has 0 heterocycles. The first-order valence-electron chi connectivity index (χ1n) is 2.72. The van der Waals surface area contributed by atoms with Crippen LogP contribution in [0.3, 0.4) is 0 Å². The molecule has 0 fully saturated rings. The molecule has 3 nitrogen and oxygen atoms in total. The molecule has 2 N–H and O–H groups in total. The van der Waals surface area contributed by atoms with Crippen LogP contribution in [-0.2, 0) is 0 Å². The summed E-state index contributed by atoms with van der Waals surface area (Å²) in [6.45, 7) is 2.21. The molecule has 0 bridgehead atoms. The Bertz CT molecular complexity index is 143. The second kappa shape index (κ2) is 4.98. The highest BCUT2D eigenvalue weighted by Gasteiger charge is 1.84. The lowest BCUT2D eigenvalue weighted by atomic mass is 10.5. The average Bonchev–Trinajstić information content (AvgIpc) is 1.80. The number of carbonyl (C=O) groups is 1. The van der Waals surface area contributed by atoms with Gasteiger partial charge in [0.15, 0.2) is 0 Å². The van der Waals surface area contributed by atoms with Gasteiger partial charge in [-0.2, -0.15) is 0 Å². The lowest BCUT2D eigenvalue weighted by Gasteiger charge is -1.88. The van der Waals surface area contributed by atoms with Crippen molar-refractivity contribution in [1.29, 1.82) is 0 Å². The predicted molar refractivity (Wildman–Crippen MR) is 34.6 cm³/mol. The maximum absolute atomic E-state index is 9.89. The number of carbonyl (C=O) groups excluding carboxylic acids is 1. The fourth-order valence-corrected chi connectivity index (χ4v) is 0.312. The van der Waals surface area contributed by atoms with E-state index in [1.54, 1.807) is 0 Å². The molecule has 0 aliphatic rings. The lowest BCUT2D eigenvalue weighted by molar-refractivity contribution is 0.249. The van der Waals surface area contributed by atoms with Gasteiger partial charge in [-0.1, -0.05) is 12.8 Å². The Kier molecular flexibility index (Phi) is 4.33. The molecule has 0 aromatic rings. The van der Waals surface area contributed by atoms with E-state index in [2.05, 4.69) is 17.2 Å². The van der Waals surface area contributed by atoms with Crippen molar-refractivity contribution in [3.63, 3.8) is 0 Å². The van der Waals surface area contributed by atoms with Gasteiger partial charge in [-0.05, 0) is 0 Å². The summed E-state index contributed by atoms with van der Waals surface area (Å²) in [6, 6.07) is -0.777. The van der Waals surface area contributed by atoms with E-state index in [-0.39, 0.29) is 6.54 Å². The van der Waals surface area contributed by atoms with Crippen LogP contribution in [0.5, 0.6) is 0 Å². The lowest BCUT2D eigenvalue weighted by Crippen LogP contribution is -2.22. The van der Waals surface area contributed by atoms with Crippen LogP contribution in [0.25, 0.3) is 0 Å². The highest BCUT2D eigenvalue weighted by molar-refractivity contribution is 5.70. The summed E-state index contributed by atoms with van der Waals surface area (Å²) in [5, 5.41) is 2.23. The minimum Gasteiger partial charge on any atom is -0.326 e. The number of urea groups is 1. The number of rotatable bonds is 1. The topological polar surface area (TPSA) is 52.9 Å². The number of amides is 2. The van der Waals surface area contributed by atoms with Crippen LogP contribution in [-0.4, -0.2) is 12.6 Å². The molecule has 49 valence electrons. The molecule has 0 saturated heterocycles. The smallest absolute Gasteiger partial charge is 0.326 e. The first-order valence-corrected chi connectivity index (χ1v) is 2.72. The normalized spacial score (nSPS) is 7.22. The van der Waals surface area contributed by atoms with Crippen molar-refractivity contribution in [2.45, 2.75) is 13.3 Å². The summed E-state index contributed by atoms with van der Waals surface area (Å²) in [7, 11) is 0. The molecule has 3 heteroatoms. The van der Waals surface area contributed by atoms with Crippen molar-refractivity contribution in [1.82, 2.24) is 11.1 Å². The molecule has 0 aliphatic carbocycles. The molecule has 9 heavy (non-hydrogen) atoms. The summed E-state index contributed by atoms with van der Waals surface area (Å²) < 4.78 is 0. The fourth-order valence-electron chi connectivity index (χ4n) is 0.312. The molecule has 1 radical (unpaired) electrons. The third-order valence-electron chi connectivity index (χ3n) is 0.639. The van der Waals surface area contributed by atoms with Gasteiger partial charge in [0.25, 0.3) is 0 Å². The molecule has 0 aromatic heterocycles. The predicted octanol–water partition coefficient (Wildman–Crippen LogP) is 0.392. The first kappa shape index (κ1) is 7.83. The molecule has 0 rings (SSSR count). The van der Waals surface area contributed by atoms with Gasteiger partial charge in [-0.3, -0.25) is 0 Å². The van der Waals surface area contributed by atoms with Gasteiger partial charge in [0, 0.05) is 6.42 Å². The molecular formula is C6H9N2O. The van der Waals surface area contributed by atoms with E-state index in [0.29, 0.717) is 0 Å². The maximum Gasteiger partial charge on any atom is 0.334 e. The van der Waals surface area contributed by atoms with E-state index in [0.717, 1.165) is 6.42 Å². The monoisotopic (exact) mass is 125 g/mol. The molecule has 0 aromatic carbocycles. The van der Waals surface area contributed by atoms with Gasteiger partial charge >= 0.3 is 6.03 Å². The van der Waals surface area contributed by atoms with E-state index >= 15 is 0 Å². The fraction of sp³-hybridized carbons (Fsp3) is 0.500. The Balaban J connectivity index is 3.19. The second-order valence-electron chi connectivity index (χ2n) is 1.39. The van der Waals surface area contributed by atoms with Gasteiger partial charge < -0.3 is 5.32 Å². The maximum atomic E-state index is 9.89. The largest absolute Gasteiger partial charge is 0.334 e. The van der Waals surface area contributed by atoms with E-state index in [1.807, 2.05) is 6.92 Å². The highest BCUT2D eigenvalue weighted by atomic mass is 16.2. The summed E-state index contributed by atoms with van der Waals surface area (Å²) in [6.07, 6.45) is 0.786. The molecular weight excluding hydrogens is 116 g/mol. The van der Waals surface area contributed by atoms with Crippen LogP contribution in [0.4, 0.5) is 4.79 Å². The van der Waals surface area contributed by atoms with Crippen molar-refractivity contribution >= 4 is 6.03 Å². The summed E-state index contributed by atoms with van der Waals surface area (Å²) in [5.74, 6) is 5.42. The molecule has 0 spiro atoms. The summed E-state index contributed by atoms with van der Waals surface area (Å²) in [4.78, 5) is 9.89. The van der Waals surface area contributed by atoms with Gasteiger partial charge in [-0.25, -0.2) is 10.5 Å². The van der Waals surface area contributed by atoms with Crippen LogP contribution >= 0.6 is 0 Å². The van der Waals surface area contributed by atoms with Crippen molar-refractivity contribution in [2.75, 3.05) is 6.54 Å². The minimum absolute atomic E-state index is 0.288. The Morgan fingerprint density at radius 2 is 2.33 bits per heavy atom. The quantitative estimate of drug-likeness (QED) is 0.506. The zero-order valence-electron chi connectivity index (χ0n) is 5.32. The Labute approximate surface area is 54.6 Å². The first-order chi connectivity index (χ1) is 4.27. The zero-order chi connectivity index (χ0) is 7.11. The van der Waals surface area contributed by atoms with Gasteiger partial charge in [0.05, 0.1) is 6.54 Å². The van der Waals surface area contributed by atoms with Crippen molar-refractivity contribution in [3.05, 3.63) is 0 Å². The number of hydrogen-bond donors (Lipinski definition) is 1. The molecule has 0 saturated carbocycles. The van der Waals surface area contributed by atoms with E-state index in [9.17, 15) is 4.79 Å². The van der Waals surface area contributed by atoms with E-state index < -0.39 is 6.03 Å². The van der Waals surface area contributed by atoms with Crippen LogP contribution in [0.1, 0.15) is 13.3 Å². The third kappa shape index (κ3) is 6.83. The third-order valence-corrected chi connectivity index (χ3v) is 0.639. The molecule has 0 atom stereocenters. The van der Waals surface area contributed by atoms with E-state index in [4.69, 9.17) is 5.73 Å². The van der Waals surface area contributed by atoms with Crippen molar-refractivity contribution < 1.29 is 4.79 Å². The Morgan fingerprint density at radius 1 is 1.67 bits per heavy atom. The summed E-state index contributed by atoms with van der Waals surface area (Å²) >= 11 is 0. The van der Waals surface area contributed by atoms with E-state index in [1.165, 1.54) is 0 Å². The van der Waals surface area contributed by atoms with Crippen molar-refractivity contribution in [3.8, 4) is 11.8 Å². The van der Waals surface area contributed by atoms with Crippen LogP contribution in [0.2, 0.25) is 0 Å². The van der Waals surface area contributed by atoms with Crippen LogP contribution < -0.4 is 11.1 Å². The minimum atomic E-state index is -0.777. The van der Waals surface area contributed by atoms with Gasteiger partial charge in [-0.15, -0.1) is 5.92 Å².